The van der Waals surface area contributed by atoms with Gasteiger partial charge in [-0.15, -0.1) is 0 Å². The number of alkyl halides is 3. The number of benzene rings is 2. The first-order valence-electron chi connectivity index (χ1n) is 7.52. The molecule has 0 radical (unpaired) electrons. The van der Waals surface area contributed by atoms with Crippen LogP contribution in [0.5, 0.6) is 0 Å². The second-order valence-corrected chi connectivity index (χ2v) is 5.50. The zero-order chi connectivity index (χ0) is 16.7. The molecular formula is C20H19F3. The van der Waals surface area contributed by atoms with Crippen molar-refractivity contribution in [2.45, 2.75) is 19.5 Å². The van der Waals surface area contributed by atoms with Crippen molar-refractivity contribution in [1.82, 2.24) is 0 Å². The van der Waals surface area contributed by atoms with Crippen molar-refractivity contribution in [3.8, 4) is 0 Å². The maximum atomic E-state index is 12.5. The van der Waals surface area contributed by atoms with E-state index in [1.807, 2.05) is 42.5 Å². The summed E-state index contributed by atoms with van der Waals surface area (Å²) in [6.45, 7) is 2.08. The van der Waals surface area contributed by atoms with Crippen molar-refractivity contribution in [2.75, 3.05) is 0 Å². The van der Waals surface area contributed by atoms with Crippen molar-refractivity contribution in [2.24, 2.45) is 5.92 Å². The Bertz CT molecular complexity index is 650. The van der Waals surface area contributed by atoms with Gasteiger partial charge in [0.2, 0.25) is 0 Å². The molecule has 0 saturated carbocycles. The van der Waals surface area contributed by atoms with E-state index in [0.717, 1.165) is 29.7 Å². The van der Waals surface area contributed by atoms with Crippen LogP contribution in [-0.2, 0) is 6.18 Å². The standard InChI is InChI=1S/C20H19F3/c1-16(6-5-9-17-7-3-2-4-8-17)10-11-18-12-14-19(15-13-18)20(21,22)23/h2-5,7-16H,6H2,1H3/b9-5+,11-10+. The fraction of sp³-hybridized carbons (Fsp3) is 0.200. The Kier molecular flexibility index (Phi) is 5.80. The van der Waals surface area contributed by atoms with Gasteiger partial charge in [0.15, 0.2) is 0 Å². The average Bonchev–Trinajstić information content (AvgIpc) is 2.53. The number of hydrogen-bond acceptors (Lipinski definition) is 0. The highest BCUT2D eigenvalue weighted by Gasteiger charge is 2.29. The first-order valence-corrected chi connectivity index (χ1v) is 7.52. The lowest BCUT2D eigenvalue weighted by Gasteiger charge is -2.06. The third kappa shape index (κ3) is 5.78. The summed E-state index contributed by atoms with van der Waals surface area (Å²) in [5.74, 6) is 0.317. The highest BCUT2D eigenvalue weighted by Crippen LogP contribution is 2.29. The van der Waals surface area contributed by atoms with E-state index in [-0.39, 0.29) is 0 Å². The number of allylic oxidation sites excluding steroid dienone is 2. The fourth-order valence-corrected chi connectivity index (χ4v) is 2.12. The first-order chi connectivity index (χ1) is 10.9. The van der Waals surface area contributed by atoms with E-state index in [0.29, 0.717) is 5.92 Å². The zero-order valence-electron chi connectivity index (χ0n) is 12.9. The predicted molar refractivity (Wildman–Crippen MR) is 89.7 cm³/mol. The molecule has 23 heavy (non-hydrogen) atoms. The third-order valence-corrected chi connectivity index (χ3v) is 3.47. The minimum absolute atomic E-state index is 0.317. The van der Waals surface area contributed by atoms with Crippen LogP contribution < -0.4 is 0 Å². The number of hydrogen-bond donors (Lipinski definition) is 0. The quantitative estimate of drug-likeness (QED) is 0.594. The van der Waals surface area contributed by atoms with Gasteiger partial charge in [-0.2, -0.15) is 13.2 Å². The summed E-state index contributed by atoms with van der Waals surface area (Å²) < 4.78 is 37.5. The van der Waals surface area contributed by atoms with E-state index in [2.05, 4.69) is 19.1 Å². The summed E-state index contributed by atoms with van der Waals surface area (Å²) >= 11 is 0. The third-order valence-electron chi connectivity index (χ3n) is 3.47. The topological polar surface area (TPSA) is 0 Å². The smallest absolute Gasteiger partial charge is 0.166 e. The van der Waals surface area contributed by atoms with Gasteiger partial charge in [0, 0.05) is 0 Å². The van der Waals surface area contributed by atoms with Crippen LogP contribution in [0.25, 0.3) is 12.2 Å². The van der Waals surface area contributed by atoms with Crippen molar-refractivity contribution in [1.29, 1.82) is 0 Å². The molecule has 120 valence electrons. The van der Waals surface area contributed by atoms with E-state index < -0.39 is 11.7 Å². The SMILES string of the molecule is CC(/C=C/c1ccc(C(F)(F)F)cc1)C/C=C/c1ccccc1. The molecule has 2 rings (SSSR count). The normalized spacial score (nSPS) is 13.7. The van der Waals surface area contributed by atoms with Crippen LogP contribution in [0.3, 0.4) is 0 Å². The minimum atomic E-state index is -4.28. The molecule has 2 aromatic carbocycles. The predicted octanol–water partition coefficient (Wildman–Crippen LogP) is 6.46. The monoisotopic (exact) mass is 316 g/mol. The largest absolute Gasteiger partial charge is 0.416 e. The Morgan fingerprint density at radius 2 is 1.48 bits per heavy atom. The molecule has 0 fully saturated rings. The van der Waals surface area contributed by atoms with E-state index in [1.165, 1.54) is 12.1 Å². The Morgan fingerprint density at radius 1 is 0.870 bits per heavy atom. The molecule has 0 aliphatic heterocycles. The highest BCUT2D eigenvalue weighted by atomic mass is 19.4. The van der Waals surface area contributed by atoms with Crippen LogP contribution >= 0.6 is 0 Å². The molecule has 0 aromatic heterocycles. The summed E-state index contributed by atoms with van der Waals surface area (Å²) in [5, 5.41) is 0. The van der Waals surface area contributed by atoms with Gasteiger partial charge in [0.1, 0.15) is 0 Å². The van der Waals surface area contributed by atoms with Crippen molar-refractivity contribution >= 4 is 12.2 Å². The Hall–Kier alpha value is -2.29. The molecule has 0 spiro atoms. The Balaban J connectivity index is 1.88. The molecule has 0 nitrogen and oxygen atoms in total. The molecule has 0 saturated heterocycles. The Morgan fingerprint density at radius 3 is 2.09 bits per heavy atom. The van der Waals surface area contributed by atoms with Gasteiger partial charge in [-0.05, 0) is 35.6 Å². The summed E-state index contributed by atoms with van der Waals surface area (Å²) in [6, 6.07) is 15.3. The molecule has 0 bridgehead atoms. The minimum Gasteiger partial charge on any atom is -0.166 e. The average molecular weight is 316 g/mol. The molecule has 1 atom stereocenters. The number of rotatable bonds is 5. The van der Waals surface area contributed by atoms with Crippen LogP contribution in [0, 0.1) is 5.92 Å². The summed E-state index contributed by atoms with van der Waals surface area (Å²) in [4.78, 5) is 0. The molecule has 2 aromatic rings. The fourth-order valence-electron chi connectivity index (χ4n) is 2.12. The van der Waals surface area contributed by atoms with Crippen LogP contribution in [0.1, 0.15) is 30.0 Å². The summed E-state index contributed by atoms with van der Waals surface area (Å²) in [5.41, 5.74) is 1.32. The molecule has 3 heteroatoms. The highest BCUT2D eigenvalue weighted by molar-refractivity contribution is 5.51. The molecular weight excluding hydrogens is 297 g/mol. The van der Waals surface area contributed by atoms with Gasteiger partial charge in [0.25, 0.3) is 0 Å². The van der Waals surface area contributed by atoms with E-state index in [4.69, 9.17) is 0 Å². The second kappa shape index (κ2) is 7.82. The summed E-state index contributed by atoms with van der Waals surface area (Å²) in [6.07, 6.45) is 4.66. The van der Waals surface area contributed by atoms with Gasteiger partial charge in [-0.25, -0.2) is 0 Å². The number of halogens is 3. The molecule has 0 aliphatic carbocycles. The molecule has 0 N–H and O–H groups in total. The first kappa shape index (κ1) is 17.1. The zero-order valence-corrected chi connectivity index (χ0v) is 12.9. The molecule has 0 aliphatic rings. The van der Waals surface area contributed by atoms with Gasteiger partial charge in [-0.1, -0.05) is 73.7 Å². The molecule has 0 heterocycles. The van der Waals surface area contributed by atoms with Gasteiger partial charge < -0.3 is 0 Å². The maximum absolute atomic E-state index is 12.5. The van der Waals surface area contributed by atoms with E-state index >= 15 is 0 Å². The van der Waals surface area contributed by atoms with Crippen molar-refractivity contribution < 1.29 is 13.2 Å². The van der Waals surface area contributed by atoms with Crippen LogP contribution in [0.4, 0.5) is 13.2 Å². The van der Waals surface area contributed by atoms with Crippen molar-refractivity contribution in [3.05, 3.63) is 83.4 Å². The van der Waals surface area contributed by atoms with Gasteiger partial charge in [0.05, 0.1) is 5.56 Å². The van der Waals surface area contributed by atoms with Crippen LogP contribution in [-0.4, -0.2) is 0 Å². The van der Waals surface area contributed by atoms with Crippen LogP contribution in [0.15, 0.2) is 66.7 Å². The lowest BCUT2D eigenvalue weighted by molar-refractivity contribution is -0.137. The van der Waals surface area contributed by atoms with Crippen molar-refractivity contribution in [3.63, 3.8) is 0 Å². The van der Waals surface area contributed by atoms with E-state index in [1.54, 1.807) is 0 Å². The van der Waals surface area contributed by atoms with E-state index in [9.17, 15) is 13.2 Å². The second-order valence-electron chi connectivity index (χ2n) is 5.50. The summed E-state index contributed by atoms with van der Waals surface area (Å²) in [7, 11) is 0. The van der Waals surface area contributed by atoms with Gasteiger partial charge >= 0.3 is 6.18 Å². The maximum Gasteiger partial charge on any atom is 0.416 e. The molecule has 0 amide bonds. The van der Waals surface area contributed by atoms with Gasteiger partial charge in [-0.3, -0.25) is 0 Å². The lowest BCUT2D eigenvalue weighted by Crippen LogP contribution is -2.03. The molecule has 1 unspecified atom stereocenters. The van der Waals surface area contributed by atoms with Crippen LogP contribution in [0.2, 0.25) is 0 Å². The lowest BCUT2D eigenvalue weighted by atomic mass is 10.0. The Labute approximate surface area is 135 Å².